The summed E-state index contributed by atoms with van der Waals surface area (Å²) in [5, 5.41) is 0. The number of esters is 1. The molecular weight excluding hydrogens is 206 g/mol. The van der Waals surface area contributed by atoms with Crippen LogP contribution in [0.15, 0.2) is 0 Å². The smallest absolute Gasteiger partial charge is 0.325 e. The highest BCUT2D eigenvalue weighted by molar-refractivity contribution is 5.79. The molecule has 0 aliphatic carbocycles. The van der Waals surface area contributed by atoms with Crippen molar-refractivity contribution >= 4 is 5.97 Å². The fourth-order valence-electron chi connectivity index (χ4n) is 1.61. The lowest BCUT2D eigenvalue weighted by Crippen LogP contribution is -2.48. The number of nitrogens with two attached hydrogens (primary N) is 1. The Hall–Kier alpha value is -0.610. The van der Waals surface area contributed by atoms with E-state index >= 15 is 0 Å². The lowest BCUT2D eigenvalue weighted by Gasteiger charge is -2.25. The van der Waals surface area contributed by atoms with Crippen molar-refractivity contribution in [3.05, 3.63) is 0 Å². The number of hydrogen-bond acceptors (Lipinski definition) is 4. The van der Waals surface area contributed by atoms with Gasteiger partial charge in [-0.05, 0) is 20.3 Å². The predicted molar refractivity (Wildman–Crippen MR) is 64.2 cm³/mol. The molecule has 0 bridgehead atoms. The third-order valence-corrected chi connectivity index (χ3v) is 2.51. The maximum atomic E-state index is 11.3. The van der Waals surface area contributed by atoms with Crippen molar-refractivity contribution in [1.29, 1.82) is 0 Å². The van der Waals surface area contributed by atoms with E-state index in [0.29, 0.717) is 6.42 Å². The van der Waals surface area contributed by atoms with Crippen LogP contribution in [0.2, 0.25) is 0 Å². The largest absolute Gasteiger partial charge is 0.468 e. The molecule has 0 fully saturated rings. The molecule has 2 atom stereocenters. The molecule has 0 aliphatic rings. The zero-order valence-electron chi connectivity index (χ0n) is 10.9. The van der Waals surface area contributed by atoms with Gasteiger partial charge in [0, 0.05) is 13.0 Å². The van der Waals surface area contributed by atoms with Crippen molar-refractivity contribution in [2.45, 2.75) is 58.1 Å². The lowest BCUT2D eigenvalue weighted by molar-refractivity contribution is -0.147. The quantitative estimate of drug-likeness (QED) is 0.511. The van der Waals surface area contributed by atoms with Crippen LogP contribution in [0, 0.1) is 0 Å². The van der Waals surface area contributed by atoms with E-state index in [9.17, 15) is 4.79 Å². The predicted octanol–water partition coefficient (Wildman–Crippen LogP) is 1.86. The summed E-state index contributed by atoms with van der Waals surface area (Å²) >= 11 is 0. The highest BCUT2D eigenvalue weighted by Gasteiger charge is 2.31. The van der Waals surface area contributed by atoms with E-state index in [0.717, 1.165) is 13.0 Å². The van der Waals surface area contributed by atoms with Crippen LogP contribution in [0.4, 0.5) is 0 Å². The molecule has 0 amide bonds. The van der Waals surface area contributed by atoms with Gasteiger partial charge in [0.2, 0.25) is 0 Å². The molecule has 16 heavy (non-hydrogen) atoms. The van der Waals surface area contributed by atoms with Gasteiger partial charge >= 0.3 is 5.97 Å². The first-order valence-electron chi connectivity index (χ1n) is 5.93. The van der Waals surface area contributed by atoms with Crippen LogP contribution < -0.4 is 5.73 Å². The van der Waals surface area contributed by atoms with Crippen LogP contribution >= 0.6 is 0 Å². The molecule has 0 aromatic carbocycles. The Morgan fingerprint density at radius 1 is 1.44 bits per heavy atom. The molecule has 0 aliphatic heterocycles. The highest BCUT2D eigenvalue weighted by Crippen LogP contribution is 2.13. The van der Waals surface area contributed by atoms with E-state index in [2.05, 4.69) is 11.7 Å². The van der Waals surface area contributed by atoms with Gasteiger partial charge < -0.3 is 15.2 Å². The van der Waals surface area contributed by atoms with Crippen LogP contribution in [0.1, 0.15) is 46.5 Å². The van der Waals surface area contributed by atoms with Crippen LogP contribution in [0.3, 0.4) is 0 Å². The minimum atomic E-state index is -0.959. The summed E-state index contributed by atoms with van der Waals surface area (Å²) in [6.45, 7) is 6.48. The van der Waals surface area contributed by atoms with Gasteiger partial charge in [-0.25, -0.2) is 0 Å². The number of unbranched alkanes of at least 4 members (excludes halogenated alkanes) is 2. The van der Waals surface area contributed by atoms with Gasteiger partial charge in [-0.15, -0.1) is 0 Å². The number of carbonyl (C=O) groups excluding carboxylic acids is 1. The number of rotatable bonds is 8. The van der Waals surface area contributed by atoms with Gasteiger partial charge in [-0.1, -0.05) is 19.8 Å². The van der Waals surface area contributed by atoms with Crippen LogP contribution in [-0.2, 0) is 14.3 Å². The van der Waals surface area contributed by atoms with Crippen molar-refractivity contribution < 1.29 is 14.3 Å². The van der Waals surface area contributed by atoms with Gasteiger partial charge in [-0.2, -0.15) is 0 Å². The van der Waals surface area contributed by atoms with E-state index in [1.54, 1.807) is 6.92 Å². The van der Waals surface area contributed by atoms with Gasteiger partial charge in [0.1, 0.15) is 5.54 Å². The third kappa shape index (κ3) is 6.08. The Morgan fingerprint density at radius 3 is 2.56 bits per heavy atom. The Balaban J connectivity index is 3.85. The fraction of sp³-hybridized carbons (Fsp3) is 0.917. The number of ether oxygens (including phenoxy) is 2. The second-order valence-corrected chi connectivity index (χ2v) is 4.50. The average Bonchev–Trinajstić information content (AvgIpc) is 2.22. The Labute approximate surface area is 98.5 Å². The van der Waals surface area contributed by atoms with Gasteiger partial charge in [-0.3, -0.25) is 4.79 Å². The maximum absolute atomic E-state index is 11.3. The first-order valence-corrected chi connectivity index (χ1v) is 5.93. The van der Waals surface area contributed by atoms with Crippen molar-refractivity contribution in [3.63, 3.8) is 0 Å². The Morgan fingerprint density at radius 2 is 2.06 bits per heavy atom. The summed E-state index contributed by atoms with van der Waals surface area (Å²) in [7, 11) is 1.35. The Bertz CT molecular complexity index is 204. The molecule has 0 radical (unpaired) electrons. The topological polar surface area (TPSA) is 61.5 Å². The SMILES string of the molecule is CCCCCOC(C)CC(C)(N)C(=O)OC. The first kappa shape index (κ1) is 15.4. The summed E-state index contributed by atoms with van der Waals surface area (Å²) in [6, 6.07) is 0. The summed E-state index contributed by atoms with van der Waals surface area (Å²) in [5.74, 6) is -0.392. The van der Waals surface area contributed by atoms with E-state index < -0.39 is 11.5 Å². The average molecular weight is 231 g/mol. The molecule has 4 nitrogen and oxygen atoms in total. The third-order valence-electron chi connectivity index (χ3n) is 2.51. The van der Waals surface area contributed by atoms with E-state index in [-0.39, 0.29) is 6.10 Å². The molecule has 0 saturated carbocycles. The number of carbonyl (C=O) groups is 1. The number of hydrogen-bond donors (Lipinski definition) is 1. The standard InChI is InChI=1S/C12H25NO3/c1-5-6-7-8-16-10(2)9-12(3,13)11(14)15-4/h10H,5-9,13H2,1-4H3. The van der Waals surface area contributed by atoms with E-state index in [1.165, 1.54) is 20.0 Å². The van der Waals surface area contributed by atoms with Crippen LogP contribution in [0.5, 0.6) is 0 Å². The molecule has 0 heterocycles. The zero-order chi connectivity index (χ0) is 12.6. The van der Waals surface area contributed by atoms with Gasteiger partial charge in [0.05, 0.1) is 13.2 Å². The van der Waals surface area contributed by atoms with Crippen molar-refractivity contribution in [2.24, 2.45) is 5.73 Å². The normalized spacial score (nSPS) is 16.6. The second kappa shape index (κ2) is 7.63. The molecule has 0 aromatic rings. The fourth-order valence-corrected chi connectivity index (χ4v) is 1.61. The summed E-state index contributed by atoms with van der Waals surface area (Å²) in [6.07, 6.45) is 3.86. The zero-order valence-corrected chi connectivity index (χ0v) is 10.9. The Kier molecular flexibility index (Phi) is 7.34. The molecule has 2 N–H and O–H groups in total. The second-order valence-electron chi connectivity index (χ2n) is 4.50. The van der Waals surface area contributed by atoms with E-state index in [4.69, 9.17) is 10.5 Å². The van der Waals surface area contributed by atoms with Crippen LogP contribution in [-0.4, -0.2) is 31.3 Å². The lowest BCUT2D eigenvalue weighted by atomic mass is 9.96. The summed E-state index contributed by atoms with van der Waals surface area (Å²) in [4.78, 5) is 11.3. The highest BCUT2D eigenvalue weighted by atomic mass is 16.5. The number of methoxy groups -OCH3 is 1. The maximum Gasteiger partial charge on any atom is 0.325 e. The van der Waals surface area contributed by atoms with Crippen molar-refractivity contribution in [2.75, 3.05) is 13.7 Å². The monoisotopic (exact) mass is 231 g/mol. The minimum Gasteiger partial charge on any atom is -0.468 e. The summed E-state index contributed by atoms with van der Waals surface area (Å²) in [5.41, 5.74) is 4.89. The first-order chi connectivity index (χ1) is 7.44. The van der Waals surface area contributed by atoms with Crippen molar-refractivity contribution in [3.8, 4) is 0 Å². The molecule has 4 heteroatoms. The summed E-state index contributed by atoms with van der Waals surface area (Å²) < 4.78 is 10.2. The molecule has 0 spiro atoms. The molecule has 96 valence electrons. The van der Waals surface area contributed by atoms with Gasteiger partial charge in [0.15, 0.2) is 0 Å². The molecular formula is C12H25NO3. The van der Waals surface area contributed by atoms with Crippen LogP contribution in [0.25, 0.3) is 0 Å². The van der Waals surface area contributed by atoms with Crippen molar-refractivity contribution in [1.82, 2.24) is 0 Å². The molecule has 0 rings (SSSR count). The molecule has 0 aromatic heterocycles. The molecule has 2 unspecified atom stereocenters. The minimum absolute atomic E-state index is 0.0223. The van der Waals surface area contributed by atoms with E-state index in [1.807, 2.05) is 6.92 Å². The molecule has 0 saturated heterocycles. The van der Waals surface area contributed by atoms with Gasteiger partial charge in [0.25, 0.3) is 0 Å².